The molecule has 0 fully saturated rings. The SMILES string of the molecule is Cc1cc(NC(=O)OC(C)(C)C)c(F)cc1Oc1ccn2ncnc2c1. The second kappa shape index (κ2) is 6.62. The quantitative estimate of drug-likeness (QED) is 0.754. The molecule has 3 aromatic rings. The van der Waals surface area contributed by atoms with E-state index in [0.717, 1.165) is 0 Å². The number of hydrogen-bond acceptors (Lipinski definition) is 5. The Labute approximate surface area is 149 Å². The third kappa shape index (κ3) is 4.08. The minimum Gasteiger partial charge on any atom is -0.457 e. The highest BCUT2D eigenvalue weighted by Gasteiger charge is 2.18. The van der Waals surface area contributed by atoms with Crippen LogP contribution in [0.15, 0.2) is 36.8 Å². The first-order chi connectivity index (χ1) is 12.2. The van der Waals surface area contributed by atoms with Crippen LogP contribution in [0.2, 0.25) is 0 Å². The summed E-state index contributed by atoms with van der Waals surface area (Å²) in [6.45, 7) is 6.96. The third-order valence-corrected chi connectivity index (χ3v) is 3.38. The van der Waals surface area contributed by atoms with Crippen LogP contribution in [-0.4, -0.2) is 26.3 Å². The lowest BCUT2D eigenvalue weighted by Crippen LogP contribution is -2.27. The number of benzene rings is 1. The standard InChI is InChI=1S/C18H19FN4O3/c1-11-7-14(22-17(24)26-18(2,3)4)13(19)9-15(11)25-12-5-6-23-16(8-12)20-10-21-23/h5-10H,1-4H3,(H,22,24). The predicted molar refractivity (Wildman–Crippen MR) is 94.1 cm³/mol. The van der Waals surface area contributed by atoms with Gasteiger partial charge in [0.2, 0.25) is 0 Å². The van der Waals surface area contributed by atoms with Gasteiger partial charge >= 0.3 is 6.09 Å². The number of anilines is 1. The van der Waals surface area contributed by atoms with Crippen LogP contribution in [0.25, 0.3) is 5.65 Å². The number of hydrogen-bond donors (Lipinski definition) is 1. The first kappa shape index (κ1) is 17.7. The largest absolute Gasteiger partial charge is 0.457 e. The molecule has 0 saturated carbocycles. The number of nitrogens with zero attached hydrogens (tertiary/aromatic N) is 3. The maximum atomic E-state index is 14.4. The van der Waals surface area contributed by atoms with E-state index in [0.29, 0.717) is 22.7 Å². The van der Waals surface area contributed by atoms with Crippen molar-refractivity contribution in [2.75, 3.05) is 5.32 Å². The van der Waals surface area contributed by atoms with Crippen LogP contribution in [0.5, 0.6) is 11.5 Å². The molecule has 0 spiro atoms. The lowest BCUT2D eigenvalue weighted by atomic mass is 10.2. The fraction of sp³-hybridized carbons (Fsp3) is 0.278. The Morgan fingerprint density at radius 1 is 1.27 bits per heavy atom. The number of fused-ring (bicyclic) bond motifs is 1. The molecule has 1 aromatic carbocycles. The number of amides is 1. The first-order valence-corrected chi connectivity index (χ1v) is 7.99. The topological polar surface area (TPSA) is 77.8 Å². The van der Waals surface area contributed by atoms with E-state index in [4.69, 9.17) is 9.47 Å². The van der Waals surface area contributed by atoms with Gasteiger partial charge in [0, 0.05) is 18.3 Å². The molecular formula is C18H19FN4O3. The summed E-state index contributed by atoms with van der Waals surface area (Å²) in [5, 5.41) is 6.41. The van der Waals surface area contributed by atoms with Crippen LogP contribution < -0.4 is 10.1 Å². The van der Waals surface area contributed by atoms with E-state index in [1.54, 1.807) is 50.5 Å². The van der Waals surface area contributed by atoms with Gasteiger partial charge in [0.25, 0.3) is 0 Å². The minimum atomic E-state index is -0.721. The number of aromatic nitrogens is 3. The zero-order chi connectivity index (χ0) is 18.9. The number of carbonyl (C=O) groups excluding carboxylic acids is 1. The molecular weight excluding hydrogens is 339 g/mol. The van der Waals surface area contributed by atoms with Gasteiger partial charge in [-0.05, 0) is 45.4 Å². The second-order valence-electron chi connectivity index (χ2n) is 6.75. The summed E-state index contributed by atoms with van der Waals surface area (Å²) in [4.78, 5) is 15.9. The molecule has 0 bridgehead atoms. The number of halogens is 1. The van der Waals surface area contributed by atoms with Crippen molar-refractivity contribution >= 4 is 17.4 Å². The number of pyridine rings is 1. The second-order valence-corrected chi connectivity index (χ2v) is 6.75. The molecule has 0 saturated heterocycles. The van der Waals surface area contributed by atoms with Gasteiger partial charge in [-0.3, -0.25) is 5.32 Å². The van der Waals surface area contributed by atoms with Crippen LogP contribution in [0.3, 0.4) is 0 Å². The summed E-state index contributed by atoms with van der Waals surface area (Å²) in [6, 6.07) is 6.10. The number of ether oxygens (including phenoxy) is 2. The molecule has 2 aromatic heterocycles. The van der Waals surface area contributed by atoms with Crippen LogP contribution in [-0.2, 0) is 4.74 Å². The molecule has 1 amide bonds. The van der Waals surface area contributed by atoms with Gasteiger partial charge in [-0.15, -0.1) is 0 Å². The minimum absolute atomic E-state index is 0.0250. The van der Waals surface area contributed by atoms with E-state index in [-0.39, 0.29) is 5.69 Å². The van der Waals surface area contributed by atoms with Gasteiger partial charge in [-0.1, -0.05) is 0 Å². The Kier molecular flexibility index (Phi) is 4.50. The monoisotopic (exact) mass is 358 g/mol. The summed E-state index contributed by atoms with van der Waals surface area (Å²) in [5.41, 5.74) is 0.624. The summed E-state index contributed by atoms with van der Waals surface area (Å²) >= 11 is 0. The molecule has 7 nitrogen and oxygen atoms in total. The highest BCUT2D eigenvalue weighted by atomic mass is 19.1. The van der Waals surface area contributed by atoms with Crippen LogP contribution in [0.4, 0.5) is 14.9 Å². The van der Waals surface area contributed by atoms with Gasteiger partial charge in [-0.2, -0.15) is 5.10 Å². The highest BCUT2D eigenvalue weighted by molar-refractivity contribution is 5.85. The van der Waals surface area contributed by atoms with Gasteiger partial charge in [0.15, 0.2) is 11.5 Å². The Morgan fingerprint density at radius 3 is 2.77 bits per heavy atom. The number of aryl methyl sites for hydroxylation is 1. The normalized spacial score (nSPS) is 11.4. The van der Waals surface area contributed by atoms with Crippen LogP contribution >= 0.6 is 0 Å². The maximum absolute atomic E-state index is 14.4. The van der Waals surface area contributed by atoms with Crippen molar-refractivity contribution in [2.45, 2.75) is 33.3 Å². The Morgan fingerprint density at radius 2 is 2.04 bits per heavy atom. The van der Waals surface area contributed by atoms with E-state index in [9.17, 15) is 9.18 Å². The number of carbonyl (C=O) groups is 1. The molecule has 0 atom stereocenters. The van der Waals surface area contributed by atoms with Gasteiger partial charge < -0.3 is 9.47 Å². The molecule has 0 unspecified atom stereocenters. The van der Waals surface area contributed by atoms with Crippen molar-refractivity contribution < 1.29 is 18.7 Å². The average Bonchev–Trinajstić information content (AvgIpc) is 2.98. The molecule has 26 heavy (non-hydrogen) atoms. The first-order valence-electron chi connectivity index (χ1n) is 7.99. The smallest absolute Gasteiger partial charge is 0.412 e. The molecule has 8 heteroatoms. The van der Waals surface area contributed by atoms with E-state index < -0.39 is 17.5 Å². The molecule has 0 aliphatic carbocycles. The molecule has 1 N–H and O–H groups in total. The number of rotatable bonds is 3. The molecule has 3 rings (SSSR count). The highest BCUT2D eigenvalue weighted by Crippen LogP contribution is 2.30. The summed E-state index contributed by atoms with van der Waals surface area (Å²) in [7, 11) is 0. The number of nitrogens with one attached hydrogen (secondary N) is 1. The molecule has 0 radical (unpaired) electrons. The van der Waals surface area contributed by atoms with Crippen molar-refractivity contribution in [3.8, 4) is 11.5 Å². The van der Waals surface area contributed by atoms with E-state index >= 15 is 0 Å². The molecule has 136 valence electrons. The Balaban J connectivity index is 1.79. The van der Waals surface area contributed by atoms with Crippen molar-refractivity contribution in [3.05, 3.63) is 48.2 Å². The van der Waals surface area contributed by atoms with Crippen LogP contribution in [0.1, 0.15) is 26.3 Å². The van der Waals surface area contributed by atoms with Gasteiger partial charge in [-0.25, -0.2) is 18.7 Å². The average molecular weight is 358 g/mol. The fourth-order valence-corrected chi connectivity index (χ4v) is 2.27. The van der Waals surface area contributed by atoms with E-state index in [1.165, 1.54) is 18.5 Å². The fourth-order valence-electron chi connectivity index (χ4n) is 2.27. The van der Waals surface area contributed by atoms with Crippen LogP contribution in [0, 0.1) is 12.7 Å². The van der Waals surface area contributed by atoms with Gasteiger partial charge in [0.1, 0.15) is 23.4 Å². The Hall–Kier alpha value is -3.16. The molecule has 0 aliphatic heterocycles. The summed E-state index contributed by atoms with van der Waals surface area (Å²) in [6.07, 6.45) is 2.41. The van der Waals surface area contributed by atoms with Crippen molar-refractivity contribution in [3.63, 3.8) is 0 Å². The molecule has 2 heterocycles. The Bertz CT molecular complexity index is 963. The van der Waals surface area contributed by atoms with Crippen molar-refractivity contribution in [2.24, 2.45) is 0 Å². The predicted octanol–water partition coefficient (Wildman–Crippen LogP) is 4.32. The summed E-state index contributed by atoms with van der Waals surface area (Å²) < 4.78 is 26.8. The van der Waals surface area contributed by atoms with E-state index in [2.05, 4.69) is 15.4 Å². The maximum Gasteiger partial charge on any atom is 0.412 e. The van der Waals surface area contributed by atoms with Gasteiger partial charge in [0.05, 0.1) is 5.69 Å². The zero-order valence-corrected chi connectivity index (χ0v) is 14.9. The summed E-state index contributed by atoms with van der Waals surface area (Å²) in [5.74, 6) is 0.210. The van der Waals surface area contributed by atoms with Crippen molar-refractivity contribution in [1.29, 1.82) is 0 Å². The van der Waals surface area contributed by atoms with E-state index in [1.807, 2.05) is 0 Å². The third-order valence-electron chi connectivity index (χ3n) is 3.38. The zero-order valence-electron chi connectivity index (χ0n) is 14.9. The molecule has 0 aliphatic rings. The lowest BCUT2D eigenvalue weighted by molar-refractivity contribution is 0.0635. The lowest BCUT2D eigenvalue weighted by Gasteiger charge is -2.20. The van der Waals surface area contributed by atoms with Crippen molar-refractivity contribution in [1.82, 2.24) is 14.6 Å².